The lowest BCUT2D eigenvalue weighted by Crippen LogP contribution is -2.27. The molecule has 0 aliphatic carbocycles. The number of carbonyl (C=O) groups excluding carboxylic acids is 1. The Morgan fingerprint density at radius 3 is 2.22 bits per heavy atom. The van der Waals surface area contributed by atoms with Crippen LogP contribution in [0.1, 0.15) is 28.9 Å². The Bertz CT molecular complexity index is 1070. The predicted molar refractivity (Wildman–Crippen MR) is 107 cm³/mol. The van der Waals surface area contributed by atoms with Gasteiger partial charge in [0.2, 0.25) is 10.0 Å². The van der Waals surface area contributed by atoms with Gasteiger partial charge in [0.05, 0.1) is 10.9 Å². The van der Waals surface area contributed by atoms with Gasteiger partial charge in [-0.2, -0.15) is 0 Å². The quantitative estimate of drug-likeness (QED) is 0.733. The fourth-order valence-corrected chi connectivity index (χ4v) is 3.82. The molecule has 0 aliphatic heterocycles. The SMILES string of the molecule is CC(NC(=O)c1cccc2ccccc12)c1ccc(S(=O)(=O)N(C)C)cc1. The van der Waals surface area contributed by atoms with Gasteiger partial charge in [-0.3, -0.25) is 4.79 Å². The summed E-state index contributed by atoms with van der Waals surface area (Å²) < 4.78 is 25.5. The molecule has 0 aliphatic rings. The molecule has 1 N–H and O–H groups in total. The molecule has 0 spiro atoms. The third kappa shape index (κ3) is 3.86. The van der Waals surface area contributed by atoms with Crippen LogP contribution >= 0.6 is 0 Å². The van der Waals surface area contributed by atoms with Crippen molar-refractivity contribution in [3.05, 3.63) is 77.9 Å². The molecule has 3 aromatic rings. The Balaban J connectivity index is 1.81. The van der Waals surface area contributed by atoms with Crippen molar-refractivity contribution >= 4 is 26.7 Å². The number of nitrogens with one attached hydrogen (secondary N) is 1. The smallest absolute Gasteiger partial charge is 0.252 e. The lowest BCUT2D eigenvalue weighted by molar-refractivity contribution is 0.0941. The van der Waals surface area contributed by atoms with Gasteiger partial charge < -0.3 is 5.32 Å². The molecule has 140 valence electrons. The van der Waals surface area contributed by atoms with Crippen LogP contribution in [-0.2, 0) is 10.0 Å². The minimum Gasteiger partial charge on any atom is -0.345 e. The summed E-state index contributed by atoms with van der Waals surface area (Å²) in [7, 11) is -0.471. The first-order valence-electron chi connectivity index (χ1n) is 8.62. The van der Waals surface area contributed by atoms with Gasteiger partial charge in [0, 0.05) is 19.7 Å². The van der Waals surface area contributed by atoms with Crippen LogP contribution < -0.4 is 5.32 Å². The first-order valence-corrected chi connectivity index (χ1v) is 10.1. The number of rotatable bonds is 5. The van der Waals surface area contributed by atoms with E-state index in [-0.39, 0.29) is 16.8 Å². The number of amides is 1. The van der Waals surface area contributed by atoms with Crippen LogP contribution in [0.25, 0.3) is 10.8 Å². The van der Waals surface area contributed by atoms with Crippen LogP contribution in [0.15, 0.2) is 71.6 Å². The van der Waals surface area contributed by atoms with Crippen LogP contribution in [-0.4, -0.2) is 32.7 Å². The maximum Gasteiger partial charge on any atom is 0.252 e. The van der Waals surface area contributed by atoms with Gasteiger partial charge in [-0.15, -0.1) is 0 Å². The Morgan fingerprint density at radius 1 is 0.926 bits per heavy atom. The van der Waals surface area contributed by atoms with Crippen LogP contribution in [0.4, 0.5) is 0 Å². The molecule has 3 aromatic carbocycles. The number of carbonyl (C=O) groups is 1. The van der Waals surface area contributed by atoms with E-state index in [1.165, 1.54) is 18.4 Å². The zero-order valence-corrected chi connectivity index (χ0v) is 16.3. The van der Waals surface area contributed by atoms with Gasteiger partial charge in [-0.1, -0.05) is 48.5 Å². The van der Waals surface area contributed by atoms with Crippen LogP contribution in [0.2, 0.25) is 0 Å². The molecular weight excluding hydrogens is 360 g/mol. The van der Waals surface area contributed by atoms with E-state index in [4.69, 9.17) is 0 Å². The highest BCUT2D eigenvalue weighted by Crippen LogP contribution is 2.21. The zero-order valence-electron chi connectivity index (χ0n) is 15.5. The van der Waals surface area contributed by atoms with Crippen molar-refractivity contribution in [1.82, 2.24) is 9.62 Å². The molecule has 1 amide bonds. The minimum atomic E-state index is -3.46. The Morgan fingerprint density at radius 2 is 1.56 bits per heavy atom. The molecule has 3 rings (SSSR count). The van der Waals surface area contributed by atoms with Crippen molar-refractivity contribution in [2.24, 2.45) is 0 Å². The van der Waals surface area contributed by atoms with Crippen LogP contribution in [0, 0.1) is 0 Å². The number of fused-ring (bicyclic) bond motifs is 1. The second-order valence-electron chi connectivity index (χ2n) is 6.58. The average Bonchev–Trinajstić information content (AvgIpc) is 2.67. The zero-order chi connectivity index (χ0) is 19.6. The summed E-state index contributed by atoms with van der Waals surface area (Å²) in [5.41, 5.74) is 1.45. The predicted octanol–water partition coefficient (Wildman–Crippen LogP) is 3.58. The van der Waals surface area contributed by atoms with Gasteiger partial charge in [0.1, 0.15) is 0 Å². The van der Waals surface area contributed by atoms with Crippen molar-refractivity contribution < 1.29 is 13.2 Å². The third-order valence-corrected chi connectivity index (χ3v) is 6.37. The molecule has 1 atom stereocenters. The van der Waals surface area contributed by atoms with Crippen molar-refractivity contribution in [3.63, 3.8) is 0 Å². The van der Waals surface area contributed by atoms with Crippen molar-refractivity contribution in [2.45, 2.75) is 17.9 Å². The molecular formula is C21H22N2O3S. The van der Waals surface area contributed by atoms with Gasteiger partial charge in [0.25, 0.3) is 5.91 Å². The summed E-state index contributed by atoms with van der Waals surface area (Å²) in [6.07, 6.45) is 0. The standard InChI is InChI=1S/C21H22N2O3S/c1-15(16-11-13-18(14-12-16)27(25,26)23(2)3)22-21(24)20-10-6-8-17-7-4-5-9-19(17)20/h4-15H,1-3H3,(H,22,24). The molecule has 0 bridgehead atoms. The number of nitrogens with zero attached hydrogens (tertiary/aromatic N) is 1. The largest absolute Gasteiger partial charge is 0.345 e. The molecule has 0 fully saturated rings. The third-order valence-electron chi connectivity index (χ3n) is 4.54. The maximum absolute atomic E-state index is 12.7. The summed E-state index contributed by atoms with van der Waals surface area (Å²) in [6.45, 7) is 1.87. The summed E-state index contributed by atoms with van der Waals surface area (Å²) in [5, 5.41) is 4.90. The van der Waals surface area contributed by atoms with E-state index >= 15 is 0 Å². The number of sulfonamides is 1. The molecule has 5 nitrogen and oxygen atoms in total. The van der Waals surface area contributed by atoms with E-state index in [1.54, 1.807) is 30.3 Å². The molecule has 27 heavy (non-hydrogen) atoms. The molecule has 0 radical (unpaired) electrons. The van der Waals surface area contributed by atoms with E-state index in [1.807, 2.05) is 43.3 Å². The highest BCUT2D eigenvalue weighted by molar-refractivity contribution is 7.89. The van der Waals surface area contributed by atoms with Crippen molar-refractivity contribution in [2.75, 3.05) is 14.1 Å². The van der Waals surface area contributed by atoms with Crippen molar-refractivity contribution in [1.29, 1.82) is 0 Å². The van der Waals surface area contributed by atoms with E-state index in [0.717, 1.165) is 16.3 Å². The Hall–Kier alpha value is -2.70. The maximum atomic E-state index is 12.7. The molecule has 0 saturated carbocycles. The Kier molecular flexibility index (Phi) is 5.30. The van der Waals surface area contributed by atoms with Crippen LogP contribution in [0.3, 0.4) is 0 Å². The summed E-state index contributed by atoms with van der Waals surface area (Å²) in [5.74, 6) is -0.163. The minimum absolute atomic E-state index is 0.163. The molecule has 0 aromatic heterocycles. The first kappa shape index (κ1) is 19.1. The second-order valence-corrected chi connectivity index (χ2v) is 8.73. The van der Waals surface area contributed by atoms with Crippen molar-refractivity contribution in [3.8, 4) is 0 Å². The van der Waals surface area contributed by atoms with Gasteiger partial charge in [-0.05, 0) is 41.5 Å². The second kappa shape index (κ2) is 7.50. The molecule has 0 saturated heterocycles. The fourth-order valence-electron chi connectivity index (χ4n) is 2.92. The first-order chi connectivity index (χ1) is 12.8. The average molecular weight is 382 g/mol. The lowest BCUT2D eigenvalue weighted by atomic mass is 10.0. The normalized spacial score (nSPS) is 12.9. The number of hydrogen-bond acceptors (Lipinski definition) is 3. The van der Waals surface area contributed by atoms with Crippen LogP contribution in [0.5, 0.6) is 0 Å². The molecule has 0 heterocycles. The molecule has 6 heteroatoms. The monoisotopic (exact) mass is 382 g/mol. The summed E-state index contributed by atoms with van der Waals surface area (Å²) in [6, 6.07) is 19.7. The lowest BCUT2D eigenvalue weighted by Gasteiger charge is -2.17. The number of hydrogen-bond donors (Lipinski definition) is 1. The summed E-state index contributed by atoms with van der Waals surface area (Å²) >= 11 is 0. The van der Waals surface area contributed by atoms with E-state index < -0.39 is 10.0 Å². The van der Waals surface area contributed by atoms with Gasteiger partial charge in [-0.25, -0.2) is 12.7 Å². The molecule has 1 unspecified atom stereocenters. The van der Waals surface area contributed by atoms with E-state index in [0.29, 0.717) is 5.56 Å². The van der Waals surface area contributed by atoms with E-state index in [9.17, 15) is 13.2 Å². The van der Waals surface area contributed by atoms with Gasteiger partial charge >= 0.3 is 0 Å². The van der Waals surface area contributed by atoms with Gasteiger partial charge in [0.15, 0.2) is 0 Å². The highest BCUT2D eigenvalue weighted by Gasteiger charge is 2.18. The fraction of sp³-hybridized carbons (Fsp3) is 0.190. The number of benzene rings is 3. The van der Waals surface area contributed by atoms with E-state index in [2.05, 4.69) is 5.32 Å². The Labute approximate surface area is 159 Å². The topological polar surface area (TPSA) is 66.5 Å². The highest BCUT2D eigenvalue weighted by atomic mass is 32.2. The summed E-state index contributed by atoms with van der Waals surface area (Å²) in [4.78, 5) is 13.0.